The summed E-state index contributed by atoms with van der Waals surface area (Å²) in [6, 6.07) is 0. The van der Waals surface area contributed by atoms with E-state index < -0.39 is 0 Å². The van der Waals surface area contributed by atoms with Crippen molar-refractivity contribution in [3.8, 4) is 0 Å². The molecule has 1 atom stereocenters. The molecule has 2 fully saturated rings. The Hall–Kier alpha value is -0.605. The van der Waals surface area contributed by atoms with Crippen LogP contribution in [0.2, 0.25) is 0 Å². The average Bonchev–Trinajstić information content (AvgIpc) is 2.54. The molecule has 1 saturated carbocycles. The molecule has 124 valence electrons. The SMILES string of the molecule is CC(C)(C)/C=C(\B1OC(C)(C)C(C)(C)O1)C1CCCC(=O)C1. The number of Topliss-reactive ketones (excluding diaryl/α,β-unsaturated/α-hetero) is 1. The summed E-state index contributed by atoms with van der Waals surface area (Å²) >= 11 is 0. The zero-order chi connectivity index (χ0) is 16.8. The van der Waals surface area contributed by atoms with Gasteiger partial charge in [0, 0.05) is 12.8 Å². The summed E-state index contributed by atoms with van der Waals surface area (Å²) in [5, 5.41) is 0. The molecule has 2 aliphatic rings. The Kier molecular flexibility index (Phi) is 4.67. The third-order valence-electron chi connectivity index (χ3n) is 5.08. The predicted molar refractivity (Wildman–Crippen MR) is 90.6 cm³/mol. The van der Waals surface area contributed by atoms with Crippen molar-refractivity contribution in [2.45, 2.75) is 85.4 Å². The lowest BCUT2D eigenvalue weighted by atomic mass is 9.64. The van der Waals surface area contributed by atoms with Gasteiger partial charge in [-0.3, -0.25) is 4.79 Å². The van der Waals surface area contributed by atoms with Crippen molar-refractivity contribution in [3.05, 3.63) is 11.5 Å². The Morgan fingerprint density at radius 3 is 2.18 bits per heavy atom. The van der Waals surface area contributed by atoms with E-state index in [1.165, 1.54) is 5.47 Å². The van der Waals surface area contributed by atoms with Gasteiger partial charge >= 0.3 is 7.12 Å². The van der Waals surface area contributed by atoms with E-state index in [4.69, 9.17) is 9.31 Å². The van der Waals surface area contributed by atoms with Crippen LogP contribution in [0.25, 0.3) is 0 Å². The van der Waals surface area contributed by atoms with E-state index >= 15 is 0 Å². The molecule has 0 bridgehead atoms. The van der Waals surface area contributed by atoms with Gasteiger partial charge in [0.15, 0.2) is 0 Å². The first-order valence-electron chi connectivity index (χ1n) is 8.51. The van der Waals surface area contributed by atoms with E-state index in [9.17, 15) is 4.79 Å². The first kappa shape index (κ1) is 17.7. The molecule has 0 radical (unpaired) electrons. The molecule has 0 aromatic carbocycles. The average molecular weight is 306 g/mol. The van der Waals surface area contributed by atoms with Gasteiger partial charge in [-0.2, -0.15) is 0 Å². The fourth-order valence-corrected chi connectivity index (χ4v) is 3.17. The van der Waals surface area contributed by atoms with Crippen molar-refractivity contribution < 1.29 is 14.1 Å². The maximum Gasteiger partial charge on any atom is 0.490 e. The minimum Gasteiger partial charge on any atom is -0.400 e. The predicted octanol–water partition coefficient (Wildman–Crippen LogP) is 4.35. The molecule has 0 aromatic heterocycles. The van der Waals surface area contributed by atoms with Gasteiger partial charge in [-0.1, -0.05) is 26.8 Å². The molecule has 0 N–H and O–H groups in total. The highest BCUT2D eigenvalue weighted by atomic mass is 16.7. The smallest absolute Gasteiger partial charge is 0.400 e. The molecule has 1 unspecified atom stereocenters. The highest BCUT2D eigenvalue weighted by molar-refractivity contribution is 6.54. The van der Waals surface area contributed by atoms with Gasteiger partial charge in [-0.05, 0) is 57.3 Å². The summed E-state index contributed by atoms with van der Waals surface area (Å²) in [5.74, 6) is 0.628. The number of ketones is 1. The highest BCUT2D eigenvalue weighted by Crippen LogP contribution is 2.42. The summed E-state index contributed by atoms with van der Waals surface area (Å²) in [5.41, 5.74) is 0.527. The molecule has 1 aliphatic carbocycles. The quantitative estimate of drug-likeness (QED) is 0.712. The van der Waals surface area contributed by atoms with Crippen molar-refractivity contribution >= 4 is 12.9 Å². The molecule has 1 heterocycles. The maximum atomic E-state index is 11.9. The van der Waals surface area contributed by atoms with Crippen molar-refractivity contribution in [2.24, 2.45) is 11.3 Å². The van der Waals surface area contributed by atoms with Crippen LogP contribution in [0.3, 0.4) is 0 Å². The molecule has 2 rings (SSSR count). The first-order chi connectivity index (χ1) is 9.91. The van der Waals surface area contributed by atoms with E-state index in [2.05, 4.69) is 54.5 Å². The molecule has 1 aliphatic heterocycles. The summed E-state index contributed by atoms with van der Waals surface area (Å²) in [7, 11) is -0.333. The normalized spacial score (nSPS) is 29.0. The number of rotatable bonds is 2. The molecule has 0 amide bonds. The summed E-state index contributed by atoms with van der Waals surface area (Å²) in [6.07, 6.45) is 5.65. The monoisotopic (exact) mass is 306 g/mol. The summed E-state index contributed by atoms with van der Waals surface area (Å²) < 4.78 is 12.5. The second kappa shape index (κ2) is 5.79. The van der Waals surface area contributed by atoms with Crippen LogP contribution in [0.5, 0.6) is 0 Å². The van der Waals surface area contributed by atoms with Crippen molar-refractivity contribution in [3.63, 3.8) is 0 Å². The fourth-order valence-electron chi connectivity index (χ4n) is 3.17. The number of carbonyl (C=O) groups is 1. The van der Waals surface area contributed by atoms with E-state index in [0.29, 0.717) is 12.2 Å². The number of carbonyl (C=O) groups excluding carboxylic acids is 1. The lowest BCUT2D eigenvalue weighted by Crippen LogP contribution is -2.41. The second-order valence-electron chi connectivity index (χ2n) is 8.93. The van der Waals surface area contributed by atoms with E-state index in [-0.39, 0.29) is 29.7 Å². The summed E-state index contributed by atoms with van der Waals surface area (Å²) in [6.45, 7) is 14.9. The Balaban J connectivity index is 2.31. The van der Waals surface area contributed by atoms with Crippen molar-refractivity contribution in [1.29, 1.82) is 0 Å². The second-order valence-corrected chi connectivity index (χ2v) is 8.93. The number of hydrogen-bond donors (Lipinski definition) is 0. The fraction of sp³-hybridized carbons (Fsp3) is 0.833. The van der Waals surface area contributed by atoms with Crippen LogP contribution in [0, 0.1) is 11.3 Å². The topological polar surface area (TPSA) is 35.5 Å². The minimum absolute atomic E-state index is 0.0411. The van der Waals surface area contributed by atoms with Crippen LogP contribution >= 0.6 is 0 Å². The Morgan fingerprint density at radius 1 is 1.18 bits per heavy atom. The maximum absolute atomic E-state index is 11.9. The zero-order valence-electron chi connectivity index (χ0n) is 15.3. The largest absolute Gasteiger partial charge is 0.490 e. The van der Waals surface area contributed by atoms with Crippen molar-refractivity contribution in [1.82, 2.24) is 0 Å². The molecule has 3 nitrogen and oxygen atoms in total. The molecule has 1 saturated heterocycles. The standard InChI is InChI=1S/C18H31BO3/c1-16(2,3)12-15(13-9-8-10-14(20)11-13)19-21-17(4,5)18(6,7)22-19/h12-13H,8-11H2,1-7H3/b15-12-. The van der Waals surface area contributed by atoms with Crippen LogP contribution in [0.4, 0.5) is 0 Å². The van der Waals surface area contributed by atoms with Gasteiger partial charge in [0.05, 0.1) is 11.2 Å². The zero-order valence-corrected chi connectivity index (χ0v) is 15.3. The molecular weight excluding hydrogens is 275 g/mol. The molecule has 4 heteroatoms. The number of hydrogen-bond acceptors (Lipinski definition) is 3. The van der Waals surface area contributed by atoms with Gasteiger partial charge < -0.3 is 9.31 Å². The van der Waals surface area contributed by atoms with Crippen LogP contribution in [-0.2, 0) is 14.1 Å². The first-order valence-corrected chi connectivity index (χ1v) is 8.51. The van der Waals surface area contributed by atoms with Gasteiger partial charge in [-0.25, -0.2) is 0 Å². The van der Waals surface area contributed by atoms with Crippen LogP contribution in [0.1, 0.15) is 74.1 Å². The molecular formula is C18H31BO3. The number of allylic oxidation sites excluding steroid dienone is 2. The summed E-state index contributed by atoms with van der Waals surface area (Å²) in [4.78, 5) is 11.9. The third-order valence-corrected chi connectivity index (χ3v) is 5.08. The lowest BCUT2D eigenvalue weighted by Gasteiger charge is -2.32. The highest BCUT2D eigenvalue weighted by Gasteiger charge is 2.53. The van der Waals surface area contributed by atoms with Gasteiger partial charge in [-0.15, -0.1) is 0 Å². The minimum atomic E-state index is -0.340. The van der Waals surface area contributed by atoms with Crippen LogP contribution in [-0.4, -0.2) is 24.1 Å². The third kappa shape index (κ3) is 3.83. The Bertz CT molecular complexity index is 455. The molecule has 0 aromatic rings. The van der Waals surface area contributed by atoms with E-state index in [1.54, 1.807) is 0 Å². The molecule has 0 spiro atoms. The van der Waals surface area contributed by atoms with E-state index in [1.807, 2.05) is 0 Å². The molecule has 22 heavy (non-hydrogen) atoms. The lowest BCUT2D eigenvalue weighted by molar-refractivity contribution is -0.121. The van der Waals surface area contributed by atoms with Crippen LogP contribution in [0.15, 0.2) is 11.5 Å². The Labute approximate surface area is 136 Å². The van der Waals surface area contributed by atoms with Gasteiger partial charge in [0.2, 0.25) is 0 Å². The van der Waals surface area contributed by atoms with E-state index in [0.717, 1.165) is 19.3 Å². The van der Waals surface area contributed by atoms with Crippen molar-refractivity contribution in [2.75, 3.05) is 0 Å². The van der Waals surface area contributed by atoms with Gasteiger partial charge in [0.25, 0.3) is 0 Å². The Morgan fingerprint density at radius 2 is 1.73 bits per heavy atom. The van der Waals surface area contributed by atoms with Crippen LogP contribution < -0.4 is 0 Å². The van der Waals surface area contributed by atoms with Gasteiger partial charge in [0.1, 0.15) is 5.78 Å².